The lowest BCUT2D eigenvalue weighted by Crippen LogP contribution is -2.51. The van der Waals surface area contributed by atoms with Crippen molar-refractivity contribution >= 4 is 28.4 Å². The summed E-state index contributed by atoms with van der Waals surface area (Å²) < 4.78 is 3.18. The van der Waals surface area contributed by atoms with E-state index in [1.54, 1.807) is 42.8 Å². The molecule has 39 heavy (non-hydrogen) atoms. The van der Waals surface area contributed by atoms with Gasteiger partial charge in [-0.1, -0.05) is 12.1 Å². The number of piperidine rings is 2. The van der Waals surface area contributed by atoms with E-state index < -0.39 is 5.60 Å². The van der Waals surface area contributed by atoms with E-state index in [4.69, 9.17) is 4.98 Å². The second-order valence-electron chi connectivity index (χ2n) is 11.1. The maximum atomic E-state index is 13.2. The van der Waals surface area contributed by atoms with E-state index in [1.165, 1.54) is 23.0 Å². The Labute approximate surface area is 227 Å². The number of aliphatic hydroxyl groups is 1. The van der Waals surface area contributed by atoms with Gasteiger partial charge in [-0.25, -0.2) is 19.3 Å². The fourth-order valence-electron chi connectivity index (χ4n) is 5.69. The lowest BCUT2D eigenvalue weighted by Gasteiger charge is -2.42. The summed E-state index contributed by atoms with van der Waals surface area (Å²) in [4.78, 5) is 29.5. The quantitative estimate of drug-likeness (QED) is 0.315. The van der Waals surface area contributed by atoms with Crippen molar-refractivity contribution in [1.82, 2.24) is 29.6 Å². The maximum Gasteiger partial charge on any atom is 0.278 e. The van der Waals surface area contributed by atoms with Crippen molar-refractivity contribution in [2.45, 2.75) is 32.4 Å². The number of aromatic nitrogens is 5. The molecule has 2 saturated heterocycles. The molecule has 0 spiro atoms. The van der Waals surface area contributed by atoms with Gasteiger partial charge in [-0.05, 0) is 81.6 Å². The van der Waals surface area contributed by atoms with Gasteiger partial charge in [0.1, 0.15) is 11.0 Å². The number of nitrogens with one attached hydrogen (secondary N) is 2. The third-order valence-corrected chi connectivity index (χ3v) is 7.53. The lowest BCUT2D eigenvalue weighted by atomic mass is 9.85. The van der Waals surface area contributed by atoms with Gasteiger partial charge in [-0.3, -0.25) is 4.79 Å². The van der Waals surface area contributed by atoms with Crippen LogP contribution in [0.15, 0.2) is 66.1 Å². The zero-order valence-corrected chi connectivity index (χ0v) is 22.3. The highest BCUT2D eigenvalue weighted by molar-refractivity contribution is 5.77. The first-order chi connectivity index (χ1) is 18.8. The third-order valence-electron chi connectivity index (χ3n) is 7.53. The fourth-order valence-corrected chi connectivity index (χ4v) is 5.69. The first-order valence-electron chi connectivity index (χ1n) is 13.4. The summed E-state index contributed by atoms with van der Waals surface area (Å²) in [5.41, 5.74) is 1.61. The van der Waals surface area contributed by atoms with E-state index in [-0.39, 0.29) is 12.1 Å². The highest BCUT2D eigenvalue weighted by atomic mass is 16.3. The van der Waals surface area contributed by atoms with Crippen molar-refractivity contribution in [3.05, 3.63) is 77.4 Å². The molecule has 2 unspecified atom stereocenters. The molecule has 0 amide bonds. The van der Waals surface area contributed by atoms with E-state index in [1.807, 2.05) is 12.1 Å². The van der Waals surface area contributed by atoms with Gasteiger partial charge in [0.05, 0.1) is 12.2 Å². The van der Waals surface area contributed by atoms with Crippen molar-refractivity contribution in [3.8, 4) is 5.82 Å². The predicted molar refractivity (Wildman–Crippen MR) is 153 cm³/mol. The Kier molecular flexibility index (Phi) is 6.44. The summed E-state index contributed by atoms with van der Waals surface area (Å²) in [6, 6.07) is 13.7. The van der Waals surface area contributed by atoms with E-state index in [0.29, 0.717) is 40.3 Å². The minimum atomic E-state index is -1.14. The summed E-state index contributed by atoms with van der Waals surface area (Å²) in [6.45, 7) is 11.8. The van der Waals surface area contributed by atoms with Crippen LogP contribution in [0.4, 0.5) is 17.3 Å². The molecular formula is C29H34N8O2. The Morgan fingerprint density at radius 2 is 1.87 bits per heavy atom. The van der Waals surface area contributed by atoms with Crippen LogP contribution >= 0.6 is 0 Å². The molecule has 0 aliphatic carbocycles. The highest BCUT2D eigenvalue weighted by Gasteiger charge is 2.30. The fraction of sp³-hybridized carbons (Fsp3) is 0.379. The smallest absolute Gasteiger partial charge is 0.278 e. The lowest BCUT2D eigenvalue weighted by molar-refractivity contribution is 0.0738. The van der Waals surface area contributed by atoms with Crippen LogP contribution < -0.4 is 21.1 Å². The van der Waals surface area contributed by atoms with Crippen LogP contribution in [0.25, 0.3) is 16.9 Å². The minimum Gasteiger partial charge on any atom is -0.384 e. The molecule has 0 saturated carbocycles. The number of hydrogen-bond donors (Lipinski definition) is 3. The molecule has 5 heterocycles. The molecule has 2 aliphatic heterocycles. The van der Waals surface area contributed by atoms with E-state index in [0.717, 1.165) is 31.9 Å². The summed E-state index contributed by atoms with van der Waals surface area (Å²) in [7, 11) is 0. The molecular weight excluding hydrogens is 492 g/mol. The van der Waals surface area contributed by atoms with Gasteiger partial charge in [0, 0.05) is 30.7 Å². The molecule has 3 N–H and O–H groups in total. The van der Waals surface area contributed by atoms with Crippen molar-refractivity contribution in [3.63, 3.8) is 0 Å². The van der Waals surface area contributed by atoms with Gasteiger partial charge >= 0.3 is 0 Å². The average Bonchev–Trinajstić information content (AvgIpc) is 3.19. The summed E-state index contributed by atoms with van der Waals surface area (Å²) in [5, 5.41) is 17.7. The molecule has 2 fully saturated rings. The van der Waals surface area contributed by atoms with Gasteiger partial charge < -0.3 is 20.6 Å². The number of fused-ring (bicyclic) bond motifs is 3. The molecule has 6 rings (SSSR count). The number of nitrogens with zero attached hydrogens (tertiary/aromatic N) is 6. The Morgan fingerprint density at radius 3 is 2.56 bits per heavy atom. The summed E-state index contributed by atoms with van der Waals surface area (Å²) >= 11 is 0. The molecule has 2 atom stereocenters. The minimum absolute atomic E-state index is 0.238. The zero-order chi connectivity index (χ0) is 27.1. The van der Waals surface area contributed by atoms with Gasteiger partial charge in [0.25, 0.3) is 5.56 Å². The molecule has 3 aromatic heterocycles. The summed E-state index contributed by atoms with van der Waals surface area (Å²) in [6.07, 6.45) is 4.51. The van der Waals surface area contributed by atoms with Gasteiger partial charge in [0.15, 0.2) is 11.5 Å². The Hall–Kier alpha value is -4.02. The van der Waals surface area contributed by atoms with Crippen LogP contribution in [-0.4, -0.2) is 55.6 Å². The van der Waals surface area contributed by atoms with Crippen molar-refractivity contribution in [1.29, 1.82) is 0 Å². The first kappa shape index (κ1) is 25.3. The molecule has 10 nitrogen and oxygen atoms in total. The topological polar surface area (TPSA) is 113 Å². The van der Waals surface area contributed by atoms with Crippen LogP contribution in [0.5, 0.6) is 0 Å². The molecule has 10 heteroatoms. The van der Waals surface area contributed by atoms with Gasteiger partial charge in [0.2, 0.25) is 5.95 Å². The molecule has 1 aromatic carbocycles. The van der Waals surface area contributed by atoms with Crippen molar-refractivity contribution < 1.29 is 5.11 Å². The van der Waals surface area contributed by atoms with Crippen LogP contribution in [0.1, 0.15) is 26.0 Å². The zero-order valence-electron chi connectivity index (χ0n) is 22.3. The van der Waals surface area contributed by atoms with Crippen molar-refractivity contribution in [2.75, 3.05) is 36.4 Å². The van der Waals surface area contributed by atoms with E-state index in [9.17, 15) is 9.90 Å². The molecule has 2 bridgehead atoms. The highest BCUT2D eigenvalue weighted by Crippen LogP contribution is 2.30. The molecule has 4 aromatic rings. The number of pyridine rings is 1. The van der Waals surface area contributed by atoms with E-state index >= 15 is 0 Å². The number of benzene rings is 1. The normalized spacial score (nSPS) is 19.3. The number of rotatable bonds is 7. The second kappa shape index (κ2) is 9.94. The summed E-state index contributed by atoms with van der Waals surface area (Å²) in [5.74, 6) is 2.26. The predicted octanol–water partition coefficient (Wildman–Crippen LogP) is 3.18. The number of hydrogen-bond acceptors (Lipinski definition) is 8. The first-order valence-corrected chi connectivity index (χ1v) is 13.4. The molecule has 0 radical (unpaired) electrons. The molecule has 202 valence electrons. The van der Waals surface area contributed by atoms with Gasteiger partial charge in [-0.15, -0.1) is 6.58 Å². The molecule has 2 aliphatic rings. The van der Waals surface area contributed by atoms with Gasteiger partial charge in [-0.2, -0.15) is 4.98 Å². The SMILES string of the molecule is C=CCn1c(=O)c2cnc(Nc3ccc(N4CC5CNCC(C5)C4)cc3)nc2n1-c1cccc(C(C)(C)O)n1. The van der Waals surface area contributed by atoms with Crippen LogP contribution in [0.2, 0.25) is 0 Å². The van der Waals surface area contributed by atoms with Crippen LogP contribution in [0.3, 0.4) is 0 Å². The largest absolute Gasteiger partial charge is 0.384 e. The van der Waals surface area contributed by atoms with Crippen LogP contribution in [-0.2, 0) is 12.1 Å². The monoisotopic (exact) mass is 526 g/mol. The van der Waals surface area contributed by atoms with E-state index in [2.05, 4.69) is 44.2 Å². The maximum absolute atomic E-state index is 13.2. The van der Waals surface area contributed by atoms with Crippen LogP contribution in [0, 0.1) is 11.8 Å². The Morgan fingerprint density at radius 1 is 1.13 bits per heavy atom. The number of anilines is 3. The standard InChI is InChI=1S/C29H34N8O2/c1-4-12-36-27(38)23-16-31-28(34-26(23)37(36)25-7-5-6-24(33-25)29(2,3)39)32-21-8-10-22(11-9-21)35-17-19-13-20(18-35)15-30-14-19/h4-11,16,19-20,30,39H,1,12-15,17-18H2,2-3H3,(H,31,32,34). The third kappa shape index (κ3) is 4.93. The number of allylic oxidation sites excluding steroid dienone is 1. The Bertz CT molecular complexity index is 1560. The second-order valence-corrected chi connectivity index (χ2v) is 11.1. The average molecular weight is 527 g/mol. The Balaban J connectivity index is 1.32. The van der Waals surface area contributed by atoms with Crippen molar-refractivity contribution in [2.24, 2.45) is 11.8 Å².